The minimum atomic E-state index is -0.166. The van der Waals surface area contributed by atoms with Gasteiger partial charge in [-0.05, 0) is 38.0 Å². The summed E-state index contributed by atoms with van der Waals surface area (Å²) in [4.78, 5) is 12.3. The van der Waals surface area contributed by atoms with Gasteiger partial charge in [0.15, 0.2) is 17.1 Å². The van der Waals surface area contributed by atoms with Crippen molar-refractivity contribution in [3.8, 4) is 23.0 Å². The zero-order valence-electron chi connectivity index (χ0n) is 16.3. The van der Waals surface area contributed by atoms with Gasteiger partial charge in [-0.25, -0.2) is 0 Å². The van der Waals surface area contributed by atoms with Crippen LogP contribution in [0.15, 0.2) is 47.1 Å². The van der Waals surface area contributed by atoms with Crippen LogP contribution in [0.2, 0.25) is 0 Å². The maximum absolute atomic E-state index is 12.3. The molecule has 0 unspecified atom stereocenters. The minimum Gasteiger partial charge on any atom is -0.495 e. The molecule has 1 aromatic heterocycles. The molecule has 0 aliphatic carbocycles. The first-order chi connectivity index (χ1) is 13.7. The van der Waals surface area contributed by atoms with Gasteiger partial charge in [-0.1, -0.05) is 18.2 Å². The fourth-order valence-corrected chi connectivity index (χ4v) is 3.06. The van der Waals surface area contributed by atoms with E-state index >= 15 is 0 Å². The highest BCUT2D eigenvalue weighted by Crippen LogP contribution is 2.46. The molecule has 0 N–H and O–H groups in total. The van der Waals surface area contributed by atoms with E-state index in [0.717, 1.165) is 18.6 Å². The molecule has 2 aromatic carbocycles. The summed E-state index contributed by atoms with van der Waals surface area (Å²) < 4.78 is 28.1. The predicted octanol–water partition coefficient (Wildman–Crippen LogP) is 4.89. The summed E-state index contributed by atoms with van der Waals surface area (Å²) in [5.41, 5.74) is 0.848. The van der Waals surface area contributed by atoms with Gasteiger partial charge in [0.05, 0.1) is 39.1 Å². The van der Waals surface area contributed by atoms with Crippen molar-refractivity contribution >= 4 is 16.8 Å². The Bertz CT molecular complexity index is 929. The first-order valence-corrected chi connectivity index (χ1v) is 9.14. The first-order valence-electron chi connectivity index (χ1n) is 9.14. The van der Waals surface area contributed by atoms with E-state index in [1.807, 2.05) is 30.3 Å². The Morgan fingerprint density at radius 3 is 2.21 bits per heavy atom. The van der Waals surface area contributed by atoms with Crippen molar-refractivity contribution in [1.82, 2.24) is 0 Å². The van der Waals surface area contributed by atoms with E-state index < -0.39 is 0 Å². The van der Waals surface area contributed by atoms with Gasteiger partial charge < -0.3 is 23.4 Å². The predicted molar refractivity (Wildman–Crippen MR) is 106 cm³/mol. The van der Waals surface area contributed by atoms with Crippen LogP contribution in [0, 0.1) is 0 Å². The Balaban J connectivity index is 1.71. The molecule has 0 amide bonds. The summed E-state index contributed by atoms with van der Waals surface area (Å²) in [6.45, 7) is 2.47. The van der Waals surface area contributed by atoms with E-state index in [1.54, 1.807) is 6.07 Å². The summed E-state index contributed by atoms with van der Waals surface area (Å²) in [5.74, 6) is 1.85. The fraction of sp³-hybridized carbons (Fsp3) is 0.318. The second-order valence-electron chi connectivity index (χ2n) is 6.21. The third kappa shape index (κ3) is 4.06. The van der Waals surface area contributed by atoms with E-state index in [-0.39, 0.29) is 5.78 Å². The fourth-order valence-electron chi connectivity index (χ4n) is 3.06. The van der Waals surface area contributed by atoms with Gasteiger partial charge in [-0.3, -0.25) is 4.79 Å². The molecule has 0 saturated heterocycles. The molecule has 0 fully saturated rings. The standard InChI is InChI=1S/C22H24O6/c1-15(23)18-19(24-2)17-11-14-28-20(17)22(25-3)21(18)27-13-8-7-12-26-16-9-5-4-6-10-16/h4-6,9-11,14H,7-8,12-13H2,1-3H3. The molecule has 1 heterocycles. The molecule has 28 heavy (non-hydrogen) atoms. The highest BCUT2D eigenvalue weighted by Gasteiger charge is 2.27. The topological polar surface area (TPSA) is 67.1 Å². The Morgan fingerprint density at radius 1 is 0.893 bits per heavy atom. The van der Waals surface area contributed by atoms with Crippen LogP contribution in [0.1, 0.15) is 30.1 Å². The first kappa shape index (κ1) is 19.6. The monoisotopic (exact) mass is 384 g/mol. The number of furan rings is 1. The number of methoxy groups -OCH3 is 2. The van der Waals surface area contributed by atoms with Crippen LogP contribution in [0.3, 0.4) is 0 Å². The third-order valence-electron chi connectivity index (χ3n) is 4.33. The molecule has 0 spiro atoms. The van der Waals surface area contributed by atoms with Gasteiger partial charge in [-0.2, -0.15) is 0 Å². The zero-order chi connectivity index (χ0) is 19.9. The number of carbonyl (C=O) groups excluding carboxylic acids is 1. The van der Waals surface area contributed by atoms with Crippen molar-refractivity contribution in [3.63, 3.8) is 0 Å². The normalized spacial score (nSPS) is 10.7. The van der Waals surface area contributed by atoms with E-state index in [1.165, 1.54) is 27.4 Å². The van der Waals surface area contributed by atoms with Crippen LogP contribution in [-0.2, 0) is 0 Å². The summed E-state index contributed by atoms with van der Waals surface area (Å²) in [5, 5.41) is 0.674. The number of ketones is 1. The van der Waals surface area contributed by atoms with Crippen LogP contribution < -0.4 is 18.9 Å². The molecule has 0 aliphatic heterocycles. The number of ether oxygens (including phenoxy) is 4. The van der Waals surface area contributed by atoms with E-state index in [2.05, 4.69) is 0 Å². The molecular formula is C22H24O6. The van der Waals surface area contributed by atoms with Crippen molar-refractivity contribution in [2.75, 3.05) is 27.4 Å². The van der Waals surface area contributed by atoms with Gasteiger partial charge in [0.1, 0.15) is 17.1 Å². The van der Waals surface area contributed by atoms with Crippen LogP contribution in [0.25, 0.3) is 11.0 Å². The average Bonchev–Trinajstić information content (AvgIpc) is 3.19. The Kier molecular flexibility index (Phi) is 6.42. The van der Waals surface area contributed by atoms with Crippen LogP contribution in [0.5, 0.6) is 23.0 Å². The van der Waals surface area contributed by atoms with Crippen molar-refractivity contribution in [1.29, 1.82) is 0 Å². The smallest absolute Gasteiger partial charge is 0.205 e. The van der Waals surface area contributed by atoms with E-state index in [0.29, 0.717) is 47.0 Å². The number of rotatable bonds is 10. The molecule has 3 aromatic rings. The Hall–Kier alpha value is -3.15. The van der Waals surface area contributed by atoms with Crippen LogP contribution in [-0.4, -0.2) is 33.2 Å². The quantitative estimate of drug-likeness (QED) is 0.366. The number of fused-ring (bicyclic) bond motifs is 1. The van der Waals surface area contributed by atoms with Gasteiger partial charge >= 0.3 is 0 Å². The molecular weight excluding hydrogens is 360 g/mol. The number of hydrogen-bond donors (Lipinski definition) is 0. The molecule has 3 rings (SSSR count). The number of hydrogen-bond acceptors (Lipinski definition) is 6. The molecule has 0 saturated carbocycles. The Morgan fingerprint density at radius 2 is 1.57 bits per heavy atom. The summed E-state index contributed by atoms with van der Waals surface area (Å²) in [7, 11) is 3.04. The second kappa shape index (κ2) is 9.17. The third-order valence-corrected chi connectivity index (χ3v) is 4.33. The average molecular weight is 384 g/mol. The minimum absolute atomic E-state index is 0.166. The van der Waals surface area contributed by atoms with Crippen LogP contribution >= 0.6 is 0 Å². The number of unbranched alkanes of at least 4 members (excludes halogenated alkanes) is 1. The van der Waals surface area contributed by atoms with Crippen molar-refractivity contribution < 1.29 is 28.2 Å². The maximum Gasteiger partial charge on any atom is 0.205 e. The summed E-state index contributed by atoms with van der Waals surface area (Å²) in [6.07, 6.45) is 3.10. The highest BCUT2D eigenvalue weighted by atomic mass is 16.5. The second-order valence-corrected chi connectivity index (χ2v) is 6.21. The van der Waals surface area contributed by atoms with Crippen molar-refractivity contribution in [3.05, 3.63) is 48.2 Å². The molecule has 6 heteroatoms. The molecule has 148 valence electrons. The van der Waals surface area contributed by atoms with E-state index in [4.69, 9.17) is 23.4 Å². The number of benzene rings is 2. The Labute approximate surface area is 163 Å². The lowest BCUT2D eigenvalue weighted by molar-refractivity contribution is 0.101. The molecule has 0 atom stereocenters. The van der Waals surface area contributed by atoms with Gasteiger partial charge in [-0.15, -0.1) is 0 Å². The molecule has 6 nitrogen and oxygen atoms in total. The van der Waals surface area contributed by atoms with Gasteiger partial charge in [0.25, 0.3) is 0 Å². The number of para-hydroxylation sites is 1. The lowest BCUT2D eigenvalue weighted by atomic mass is 10.0. The maximum atomic E-state index is 12.3. The highest BCUT2D eigenvalue weighted by molar-refractivity contribution is 6.08. The number of Topliss-reactive ketones (excluding diaryl/α,β-unsaturated/α-hetero) is 1. The molecule has 0 bridgehead atoms. The lowest BCUT2D eigenvalue weighted by Gasteiger charge is -2.17. The van der Waals surface area contributed by atoms with Crippen molar-refractivity contribution in [2.24, 2.45) is 0 Å². The molecule has 0 radical (unpaired) electrons. The van der Waals surface area contributed by atoms with Gasteiger partial charge in [0, 0.05) is 0 Å². The number of carbonyl (C=O) groups is 1. The summed E-state index contributed by atoms with van der Waals surface area (Å²) in [6, 6.07) is 11.4. The molecule has 0 aliphatic rings. The zero-order valence-corrected chi connectivity index (χ0v) is 16.3. The van der Waals surface area contributed by atoms with Gasteiger partial charge in [0.2, 0.25) is 5.75 Å². The van der Waals surface area contributed by atoms with Crippen LogP contribution in [0.4, 0.5) is 0 Å². The van der Waals surface area contributed by atoms with E-state index in [9.17, 15) is 4.79 Å². The largest absolute Gasteiger partial charge is 0.495 e. The summed E-state index contributed by atoms with van der Waals surface area (Å²) >= 11 is 0. The SMILES string of the molecule is COc1c(C(C)=O)c(OCCCCOc2ccccc2)c(OC)c2occc12. The van der Waals surface area contributed by atoms with Crippen molar-refractivity contribution in [2.45, 2.75) is 19.8 Å². The lowest BCUT2D eigenvalue weighted by Crippen LogP contribution is -2.08.